The van der Waals surface area contributed by atoms with Gasteiger partial charge in [-0.15, -0.1) is 11.3 Å². The number of hydrogen-bond acceptors (Lipinski definition) is 4. The van der Waals surface area contributed by atoms with Gasteiger partial charge in [0.2, 0.25) is 0 Å². The summed E-state index contributed by atoms with van der Waals surface area (Å²) >= 11 is 1.69. The summed E-state index contributed by atoms with van der Waals surface area (Å²) in [5.74, 6) is 0.904. The Hall–Kier alpha value is -1.13. The van der Waals surface area contributed by atoms with Gasteiger partial charge >= 0.3 is 0 Å². The van der Waals surface area contributed by atoms with Gasteiger partial charge in [0.25, 0.3) is 0 Å². The zero-order valence-corrected chi connectivity index (χ0v) is 9.21. The van der Waals surface area contributed by atoms with Crippen LogP contribution in [-0.4, -0.2) is 24.3 Å². The summed E-state index contributed by atoms with van der Waals surface area (Å²) in [6.07, 6.45) is 0.309. The minimum Gasteiger partial charge on any atom is -0.491 e. The number of aryl methyl sites for hydroxylation is 1. The van der Waals surface area contributed by atoms with Gasteiger partial charge in [0.1, 0.15) is 18.5 Å². The van der Waals surface area contributed by atoms with E-state index in [-0.39, 0.29) is 0 Å². The van der Waals surface area contributed by atoms with E-state index in [1.807, 2.05) is 25.1 Å². The van der Waals surface area contributed by atoms with Crippen LogP contribution in [0.1, 0.15) is 5.01 Å². The van der Waals surface area contributed by atoms with Crippen LogP contribution in [0, 0.1) is 6.92 Å². The second-order valence-corrected chi connectivity index (χ2v) is 4.86. The highest BCUT2D eigenvalue weighted by Gasteiger charge is 2.23. The van der Waals surface area contributed by atoms with Crippen molar-refractivity contribution in [3.63, 3.8) is 0 Å². The average molecular weight is 221 g/mol. The molecule has 1 atom stereocenters. The number of ether oxygens (including phenoxy) is 2. The summed E-state index contributed by atoms with van der Waals surface area (Å²) < 4.78 is 11.9. The smallest absolute Gasteiger partial charge is 0.121 e. The molecular weight excluding hydrogens is 210 g/mol. The Bertz CT molecular complexity index is 490. The molecule has 1 fully saturated rings. The molecule has 3 nitrogen and oxygen atoms in total. The molecule has 0 radical (unpaired) electrons. The Balaban J connectivity index is 1.84. The largest absolute Gasteiger partial charge is 0.491 e. The third-order valence-corrected chi connectivity index (χ3v) is 3.24. The molecule has 0 N–H and O–H groups in total. The van der Waals surface area contributed by atoms with Gasteiger partial charge in [-0.25, -0.2) is 4.98 Å². The standard InChI is InChI=1S/C11H11NO2S/c1-7-12-10-3-2-8(4-11(10)15-7)13-5-9-6-14-9/h2-4,9H,5-6H2,1H3. The lowest BCUT2D eigenvalue weighted by atomic mass is 10.3. The molecule has 1 aliphatic heterocycles. The van der Waals surface area contributed by atoms with Crippen molar-refractivity contribution in [3.05, 3.63) is 23.2 Å². The molecule has 0 aliphatic carbocycles. The fraction of sp³-hybridized carbons (Fsp3) is 0.364. The zero-order valence-electron chi connectivity index (χ0n) is 8.40. The summed E-state index contributed by atoms with van der Waals surface area (Å²) in [6.45, 7) is 3.51. The molecule has 0 amide bonds. The maximum absolute atomic E-state index is 5.60. The summed E-state index contributed by atoms with van der Waals surface area (Å²) in [6, 6.07) is 6.01. The lowest BCUT2D eigenvalue weighted by Crippen LogP contribution is -2.03. The van der Waals surface area contributed by atoms with Crippen molar-refractivity contribution in [2.24, 2.45) is 0 Å². The lowest BCUT2D eigenvalue weighted by Gasteiger charge is -2.02. The first-order valence-corrected chi connectivity index (χ1v) is 5.74. The quantitative estimate of drug-likeness (QED) is 0.746. The maximum Gasteiger partial charge on any atom is 0.121 e. The molecule has 4 heteroatoms. The van der Waals surface area contributed by atoms with Crippen LogP contribution in [0.25, 0.3) is 10.2 Å². The molecule has 78 valence electrons. The second kappa shape index (κ2) is 3.47. The first-order valence-electron chi connectivity index (χ1n) is 4.93. The van der Waals surface area contributed by atoms with Crippen molar-refractivity contribution >= 4 is 21.6 Å². The van der Waals surface area contributed by atoms with Gasteiger partial charge in [-0.05, 0) is 25.1 Å². The van der Waals surface area contributed by atoms with Crippen molar-refractivity contribution in [1.29, 1.82) is 0 Å². The van der Waals surface area contributed by atoms with Crippen molar-refractivity contribution in [2.75, 3.05) is 13.2 Å². The van der Waals surface area contributed by atoms with Crippen LogP contribution in [-0.2, 0) is 4.74 Å². The fourth-order valence-electron chi connectivity index (χ4n) is 1.46. The van der Waals surface area contributed by atoms with E-state index in [4.69, 9.17) is 9.47 Å². The van der Waals surface area contributed by atoms with E-state index < -0.39 is 0 Å². The lowest BCUT2D eigenvalue weighted by molar-refractivity contribution is 0.263. The second-order valence-electron chi connectivity index (χ2n) is 3.63. The van der Waals surface area contributed by atoms with Crippen LogP contribution >= 0.6 is 11.3 Å². The molecule has 15 heavy (non-hydrogen) atoms. The number of rotatable bonds is 3. The van der Waals surface area contributed by atoms with Gasteiger partial charge in [0.05, 0.1) is 21.8 Å². The van der Waals surface area contributed by atoms with Gasteiger partial charge < -0.3 is 9.47 Å². The van der Waals surface area contributed by atoms with Crippen LogP contribution in [0.15, 0.2) is 18.2 Å². The molecule has 0 bridgehead atoms. The topological polar surface area (TPSA) is 34.6 Å². The molecular formula is C11H11NO2S. The molecule has 2 heterocycles. The highest BCUT2D eigenvalue weighted by molar-refractivity contribution is 7.18. The number of fused-ring (bicyclic) bond motifs is 1. The number of epoxide rings is 1. The van der Waals surface area contributed by atoms with Gasteiger partial charge in [-0.2, -0.15) is 0 Å². The predicted molar refractivity (Wildman–Crippen MR) is 59.6 cm³/mol. The average Bonchev–Trinajstić information content (AvgIpc) is 2.96. The summed E-state index contributed by atoms with van der Waals surface area (Å²) in [5, 5.41) is 1.09. The van der Waals surface area contributed by atoms with Crippen LogP contribution in [0.5, 0.6) is 5.75 Å². The third kappa shape index (κ3) is 1.96. The molecule has 1 saturated heterocycles. The summed E-state index contributed by atoms with van der Waals surface area (Å²) in [7, 11) is 0. The maximum atomic E-state index is 5.60. The first-order chi connectivity index (χ1) is 7.31. The third-order valence-electron chi connectivity index (χ3n) is 2.31. The van der Waals surface area contributed by atoms with Gasteiger partial charge in [0.15, 0.2) is 0 Å². The molecule has 3 rings (SSSR count). The molecule has 1 unspecified atom stereocenters. The number of benzene rings is 1. The van der Waals surface area contributed by atoms with Crippen molar-refractivity contribution in [2.45, 2.75) is 13.0 Å². The molecule has 1 aromatic carbocycles. The Labute approximate surface area is 91.7 Å². The van der Waals surface area contributed by atoms with Crippen LogP contribution in [0.2, 0.25) is 0 Å². The highest BCUT2D eigenvalue weighted by atomic mass is 32.1. The first kappa shape index (κ1) is 9.12. The molecule has 1 aromatic heterocycles. The Morgan fingerprint density at radius 2 is 2.47 bits per heavy atom. The normalized spacial score (nSPS) is 19.4. The van der Waals surface area contributed by atoms with Crippen molar-refractivity contribution < 1.29 is 9.47 Å². The minimum absolute atomic E-state index is 0.309. The molecule has 2 aromatic rings. The van der Waals surface area contributed by atoms with Gasteiger partial charge in [-0.3, -0.25) is 0 Å². The Kier molecular flexibility index (Phi) is 2.11. The molecule has 0 spiro atoms. The van der Waals surface area contributed by atoms with Crippen molar-refractivity contribution in [3.8, 4) is 5.75 Å². The van der Waals surface area contributed by atoms with E-state index in [0.29, 0.717) is 12.7 Å². The van der Waals surface area contributed by atoms with Crippen LogP contribution < -0.4 is 4.74 Å². The van der Waals surface area contributed by atoms with E-state index in [1.54, 1.807) is 11.3 Å². The van der Waals surface area contributed by atoms with E-state index in [1.165, 1.54) is 4.70 Å². The fourth-order valence-corrected chi connectivity index (χ4v) is 2.32. The summed E-state index contributed by atoms with van der Waals surface area (Å²) in [5.41, 5.74) is 1.05. The number of aromatic nitrogens is 1. The Morgan fingerprint density at radius 3 is 3.27 bits per heavy atom. The monoisotopic (exact) mass is 221 g/mol. The van der Waals surface area contributed by atoms with E-state index in [9.17, 15) is 0 Å². The Morgan fingerprint density at radius 1 is 1.60 bits per heavy atom. The van der Waals surface area contributed by atoms with Crippen molar-refractivity contribution in [1.82, 2.24) is 4.98 Å². The number of hydrogen-bond donors (Lipinski definition) is 0. The van der Waals surface area contributed by atoms with E-state index in [0.717, 1.165) is 22.9 Å². The van der Waals surface area contributed by atoms with Crippen LogP contribution in [0.3, 0.4) is 0 Å². The van der Waals surface area contributed by atoms with E-state index in [2.05, 4.69) is 4.98 Å². The van der Waals surface area contributed by atoms with Gasteiger partial charge in [-0.1, -0.05) is 0 Å². The highest BCUT2D eigenvalue weighted by Crippen LogP contribution is 2.26. The summed E-state index contributed by atoms with van der Waals surface area (Å²) in [4.78, 5) is 4.40. The zero-order chi connectivity index (χ0) is 10.3. The minimum atomic E-state index is 0.309. The molecule has 0 saturated carbocycles. The SMILES string of the molecule is Cc1nc2ccc(OCC3CO3)cc2s1. The molecule has 1 aliphatic rings. The number of thiazole rings is 1. The van der Waals surface area contributed by atoms with Crippen LogP contribution in [0.4, 0.5) is 0 Å². The predicted octanol–water partition coefficient (Wildman–Crippen LogP) is 2.38. The number of nitrogens with zero attached hydrogens (tertiary/aromatic N) is 1. The van der Waals surface area contributed by atoms with Gasteiger partial charge in [0, 0.05) is 0 Å². The van der Waals surface area contributed by atoms with E-state index >= 15 is 0 Å².